The van der Waals surface area contributed by atoms with Gasteiger partial charge in [0.2, 0.25) is 0 Å². The number of nitrogen functional groups attached to an aromatic ring is 1. The second kappa shape index (κ2) is 6.80. The predicted octanol–water partition coefficient (Wildman–Crippen LogP) is 1.83. The molecular weight excluding hydrogens is 266 g/mol. The summed E-state index contributed by atoms with van der Waals surface area (Å²) < 4.78 is 5.57. The minimum Gasteiger partial charge on any atom is -0.491 e. The summed E-state index contributed by atoms with van der Waals surface area (Å²) in [5.74, 6) is 0.518. The molecule has 5 nitrogen and oxygen atoms in total. The molecule has 1 unspecified atom stereocenters. The monoisotopic (exact) mass is 291 g/mol. The Morgan fingerprint density at radius 2 is 2.14 bits per heavy atom. The van der Waals surface area contributed by atoms with Crippen molar-refractivity contribution in [2.24, 2.45) is 0 Å². The van der Waals surface area contributed by atoms with Gasteiger partial charge in [0, 0.05) is 25.7 Å². The Morgan fingerprint density at radius 1 is 1.38 bits per heavy atom. The van der Waals surface area contributed by atoms with E-state index in [4.69, 9.17) is 10.5 Å². The molecule has 1 fully saturated rings. The van der Waals surface area contributed by atoms with E-state index in [1.165, 1.54) is 0 Å². The van der Waals surface area contributed by atoms with E-state index in [9.17, 15) is 4.79 Å². The number of benzene rings is 1. The Balaban J connectivity index is 2.19. The zero-order chi connectivity index (χ0) is 15.4. The first-order valence-electron chi connectivity index (χ1n) is 7.63. The molecule has 0 aliphatic carbocycles. The zero-order valence-corrected chi connectivity index (χ0v) is 13.1. The van der Waals surface area contributed by atoms with E-state index in [2.05, 4.69) is 18.7 Å². The Hall–Kier alpha value is -1.75. The van der Waals surface area contributed by atoms with Crippen molar-refractivity contribution in [3.05, 3.63) is 23.8 Å². The van der Waals surface area contributed by atoms with Gasteiger partial charge in [-0.2, -0.15) is 0 Å². The molecule has 116 valence electrons. The lowest BCUT2D eigenvalue weighted by molar-refractivity contribution is 0.0525. The summed E-state index contributed by atoms with van der Waals surface area (Å²) in [7, 11) is 0. The van der Waals surface area contributed by atoms with Crippen LogP contribution in [0.25, 0.3) is 0 Å². The molecule has 1 aromatic rings. The van der Waals surface area contributed by atoms with Crippen molar-refractivity contribution in [1.82, 2.24) is 9.80 Å². The van der Waals surface area contributed by atoms with Gasteiger partial charge in [-0.05, 0) is 32.5 Å². The average molecular weight is 291 g/mol. The fourth-order valence-electron chi connectivity index (χ4n) is 2.85. The Labute approximate surface area is 126 Å². The highest BCUT2D eigenvalue weighted by Gasteiger charge is 2.28. The van der Waals surface area contributed by atoms with Gasteiger partial charge < -0.3 is 15.4 Å². The van der Waals surface area contributed by atoms with Crippen LogP contribution in [0.15, 0.2) is 18.2 Å². The van der Waals surface area contributed by atoms with E-state index >= 15 is 0 Å². The molecular formula is C16H25N3O2. The third-order valence-electron chi connectivity index (χ3n) is 4.02. The Bertz CT molecular complexity index is 504. The Morgan fingerprint density at radius 3 is 2.76 bits per heavy atom. The van der Waals surface area contributed by atoms with Crippen molar-refractivity contribution >= 4 is 11.6 Å². The molecule has 5 heteroatoms. The van der Waals surface area contributed by atoms with E-state index < -0.39 is 0 Å². The van der Waals surface area contributed by atoms with E-state index in [0.29, 0.717) is 29.6 Å². The summed E-state index contributed by atoms with van der Waals surface area (Å²) in [6.07, 6.45) is 0. The minimum atomic E-state index is 0.00773. The van der Waals surface area contributed by atoms with Crippen LogP contribution in [0.5, 0.6) is 5.75 Å². The van der Waals surface area contributed by atoms with Gasteiger partial charge in [-0.15, -0.1) is 0 Å². The predicted molar refractivity (Wildman–Crippen MR) is 84.6 cm³/mol. The van der Waals surface area contributed by atoms with Crippen LogP contribution in [0, 0.1) is 0 Å². The van der Waals surface area contributed by atoms with Crippen molar-refractivity contribution in [2.75, 3.05) is 38.5 Å². The molecule has 0 saturated carbocycles. The highest BCUT2D eigenvalue weighted by Crippen LogP contribution is 2.28. The van der Waals surface area contributed by atoms with Crippen LogP contribution < -0.4 is 10.5 Å². The number of likely N-dealkylation sites (N-methyl/N-ethyl adjacent to an activating group) is 1. The number of nitrogens with two attached hydrogens (primary N) is 1. The van der Waals surface area contributed by atoms with Gasteiger partial charge in [-0.3, -0.25) is 9.69 Å². The van der Waals surface area contributed by atoms with Gasteiger partial charge >= 0.3 is 0 Å². The molecule has 1 saturated heterocycles. The normalized spacial score (nSPS) is 19.6. The fraction of sp³-hybridized carbons (Fsp3) is 0.562. The van der Waals surface area contributed by atoms with Gasteiger partial charge in [0.25, 0.3) is 5.91 Å². The van der Waals surface area contributed by atoms with Gasteiger partial charge in [-0.25, -0.2) is 0 Å². The molecule has 21 heavy (non-hydrogen) atoms. The smallest absolute Gasteiger partial charge is 0.257 e. The van der Waals surface area contributed by atoms with Crippen LogP contribution in [0.1, 0.15) is 31.1 Å². The van der Waals surface area contributed by atoms with Crippen LogP contribution in [-0.2, 0) is 0 Å². The standard InChI is InChI=1S/C16H25N3O2/c1-4-18-9-10-19(11-12(18)3)16(20)13-7-6-8-14(17)15(13)21-5-2/h6-8,12H,4-5,9-11,17H2,1-3H3. The fourth-order valence-corrected chi connectivity index (χ4v) is 2.85. The van der Waals surface area contributed by atoms with E-state index in [1.54, 1.807) is 18.2 Å². The van der Waals surface area contributed by atoms with Crippen LogP contribution in [-0.4, -0.2) is 54.5 Å². The summed E-state index contributed by atoms with van der Waals surface area (Å²) in [6.45, 7) is 10.1. The molecule has 1 atom stereocenters. The van der Waals surface area contributed by atoms with Crippen molar-refractivity contribution < 1.29 is 9.53 Å². The molecule has 0 aromatic heterocycles. The molecule has 1 aliphatic heterocycles. The number of nitrogens with zero attached hydrogens (tertiary/aromatic N) is 2. The zero-order valence-electron chi connectivity index (χ0n) is 13.1. The van der Waals surface area contributed by atoms with Gasteiger partial charge in [-0.1, -0.05) is 13.0 Å². The number of carbonyl (C=O) groups excluding carboxylic acids is 1. The lowest BCUT2D eigenvalue weighted by Crippen LogP contribution is -2.53. The summed E-state index contributed by atoms with van der Waals surface area (Å²) in [4.78, 5) is 17.0. The first kappa shape index (κ1) is 15.6. The Kier molecular flexibility index (Phi) is 5.07. The van der Waals surface area contributed by atoms with E-state index in [-0.39, 0.29) is 5.91 Å². The molecule has 0 radical (unpaired) electrons. The summed E-state index contributed by atoms with van der Waals surface area (Å²) >= 11 is 0. The third kappa shape index (κ3) is 3.29. The highest BCUT2D eigenvalue weighted by atomic mass is 16.5. The topological polar surface area (TPSA) is 58.8 Å². The molecule has 1 heterocycles. The molecule has 1 aliphatic rings. The molecule has 2 N–H and O–H groups in total. The number of rotatable bonds is 4. The minimum absolute atomic E-state index is 0.00773. The molecule has 0 spiro atoms. The number of carbonyl (C=O) groups is 1. The van der Waals surface area contributed by atoms with Gasteiger partial charge in [0.15, 0.2) is 5.75 Å². The van der Waals surface area contributed by atoms with E-state index in [0.717, 1.165) is 26.2 Å². The van der Waals surface area contributed by atoms with Crippen LogP contribution in [0.3, 0.4) is 0 Å². The first-order valence-corrected chi connectivity index (χ1v) is 7.63. The maximum absolute atomic E-state index is 12.8. The number of piperazine rings is 1. The van der Waals surface area contributed by atoms with Crippen molar-refractivity contribution in [2.45, 2.75) is 26.8 Å². The van der Waals surface area contributed by atoms with E-state index in [1.807, 2.05) is 11.8 Å². The SMILES string of the molecule is CCOc1c(N)cccc1C(=O)N1CCN(CC)C(C)C1. The number of anilines is 1. The maximum atomic E-state index is 12.8. The average Bonchev–Trinajstić information content (AvgIpc) is 2.48. The van der Waals surface area contributed by atoms with Crippen LogP contribution in [0.4, 0.5) is 5.69 Å². The highest BCUT2D eigenvalue weighted by molar-refractivity contribution is 5.98. The number of ether oxygens (including phenoxy) is 1. The molecule has 1 aromatic carbocycles. The summed E-state index contributed by atoms with van der Waals surface area (Å²) in [5.41, 5.74) is 7.02. The van der Waals surface area contributed by atoms with Crippen LogP contribution >= 0.6 is 0 Å². The lowest BCUT2D eigenvalue weighted by atomic mass is 10.1. The number of hydrogen-bond acceptors (Lipinski definition) is 4. The van der Waals surface area contributed by atoms with Gasteiger partial charge in [0.1, 0.15) is 0 Å². The number of hydrogen-bond donors (Lipinski definition) is 1. The molecule has 0 bridgehead atoms. The maximum Gasteiger partial charge on any atom is 0.257 e. The van der Waals surface area contributed by atoms with Crippen molar-refractivity contribution in [1.29, 1.82) is 0 Å². The van der Waals surface area contributed by atoms with Crippen LogP contribution in [0.2, 0.25) is 0 Å². The molecule has 2 rings (SSSR count). The van der Waals surface area contributed by atoms with Crippen molar-refractivity contribution in [3.63, 3.8) is 0 Å². The second-order valence-electron chi connectivity index (χ2n) is 5.39. The quantitative estimate of drug-likeness (QED) is 0.860. The van der Waals surface area contributed by atoms with Gasteiger partial charge in [0.05, 0.1) is 17.9 Å². The summed E-state index contributed by atoms with van der Waals surface area (Å²) in [6, 6.07) is 5.74. The third-order valence-corrected chi connectivity index (χ3v) is 4.02. The molecule has 1 amide bonds. The number of para-hydroxylation sites is 1. The lowest BCUT2D eigenvalue weighted by Gasteiger charge is -2.39. The number of amides is 1. The second-order valence-corrected chi connectivity index (χ2v) is 5.39. The summed E-state index contributed by atoms with van der Waals surface area (Å²) in [5, 5.41) is 0. The van der Waals surface area contributed by atoms with Crippen molar-refractivity contribution in [3.8, 4) is 5.75 Å². The largest absolute Gasteiger partial charge is 0.491 e. The first-order chi connectivity index (χ1) is 10.1.